The van der Waals surface area contributed by atoms with Crippen LogP contribution >= 0.6 is 0 Å². The number of nitrogens with one attached hydrogen (secondary N) is 1. The van der Waals surface area contributed by atoms with Gasteiger partial charge in [0.2, 0.25) is 5.91 Å². The van der Waals surface area contributed by atoms with Crippen LogP contribution < -0.4 is 10.1 Å². The number of likely N-dealkylation sites (N-methyl/N-ethyl adjacent to an activating group) is 1. The molecule has 0 saturated heterocycles. The van der Waals surface area contributed by atoms with E-state index in [0.29, 0.717) is 25.2 Å². The fraction of sp³-hybridized carbons (Fsp3) is 0.524. The van der Waals surface area contributed by atoms with Crippen LogP contribution in [0.3, 0.4) is 0 Å². The Balaban J connectivity index is 1.91. The zero-order chi connectivity index (χ0) is 19.8. The van der Waals surface area contributed by atoms with Gasteiger partial charge in [0.25, 0.3) is 0 Å². The maximum Gasteiger partial charge on any atom is 0.224 e. The molecule has 6 nitrogen and oxygen atoms in total. The normalized spacial score (nSPS) is 11.0. The SMILES string of the molecule is CCN(CC)CCOc1ccccc1NC(=O)CCc1c(C)nn(C)c1C. The summed E-state index contributed by atoms with van der Waals surface area (Å²) in [5, 5.41) is 7.40. The van der Waals surface area contributed by atoms with Gasteiger partial charge in [-0.15, -0.1) is 0 Å². The second kappa shape index (κ2) is 10.1. The zero-order valence-corrected chi connectivity index (χ0v) is 17.2. The fourth-order valence-corrected chi connectivity index (χ4v) is 3.15. The minimum absolute atomic E-state index is 0.0163. The number of para-hydroxylation sites is 2. The van der Waals surface area contributed by atoms with E-state index in [1.807, 2.05) is 49.8 Å². The highest BCUT2D eigenvalue weighted by Gasteiger charge is 2.13. The van der Waals surface area contributed by atoms with Gasteiger partial charge in [-0.2, -0.15) is 5.10 Å². The van der Waals surface area contributed by atoms with Gasteiger partial charge in [-0.05, 0) is 51.1 Å². The minimum atomic E-state index is -0.0163. The third-order valence-corrected chi connectivity index (χ3v) is 4.98. The van der Waals surface area contributed by atoms with Gasteiger partial charge >= 0.3 is 0 Å². The largest absolute Gasteiger partial charge is 0.490 e. The maximum absolute atomic E-state index is 12.4. The molecule has 0 unspecified atom stereocenters. The van der Waals surface area contributed by atoms with Gasteiger partial charge in [0.05, 0.1) is 11.4 Å². The standard InChI is InChI=1S/C21H32N4O2/c1-6-25(7-2)14-15-27-20-11-9-8-10-19(20)22-21(26)13-12-18-16(3)23-24(5)17(18)4/h8-11H,6-7,12-15H2,1-5H3,(H,22,26). The second-order valence-corrected chi connectivity index (χ2v) is 6.69. The van der Waals surface area contributed by atoms with Crippen molar-refractivity contribution in [1.29, 1.82) is 0 Å². The second-order valence-electron chi connectivity index (χ2n) is 6.69. The predicted octanol–water partition coefficient (Wildman–Crippen LogP) is 3.33. The predicted molar refractivity (Wildman–Crippen MR) is 109 cm³/mol. The first-order chi connectivity index (χ1) is 13.0. The molecular weight excluding hydrogens is 340 g/mol. The number of aromatic nitrogens is 2. The third kappa shape index (κ3) is 5.82. The van der Waals surface area contributed by atoms with Crippen LogP contribution in [-0.4, -0.2) is 46.8 Å². The van der Waals surface area contributed by atoms with E-state index < -0.39 is 0 Å². The van der Waals surface area contributed by atoms with Crippen molar-refractivity contribution >= 4 is 11.6 Å². The fourth-order valence-electron chi connectivity index (χ4n) is 3.15. The molecule has 2 aromatic rings. The highest BCUT2D eigenvalue weighted by atomic mass is 16.5. The molecule has 1 heterocycles. The Morgan fingerprint density at radius 3 is 2.56 bits per heavy atom. The molecule has 0 radical (unpaired) electrons. The van der Waals surface area contributed by atoms with Crippen molar-refractivity contribution in [1.82, 2.24) is 14.7 Å². The molecule has 1 N–H and O–H groups in total. The van der Waals surface area contributed by atoms with Crippen molar-refractivity contribution in [3.8, 4) is 5.75 Å². The van der Waals surface area contributed by atoms with Gasteiger partial charge in [0.1, 0.15) is 12.4 Å². The molecule has 0 aliphatic carbocycles. The summed E-state index contributed by atoms with van der Waals surface area (Å²) in [6.45, 7) is 11.8. The smallest absolute Gasteiger partial charge is 0.224 e. The summed E-state index contributed by atoms with van der Waals surface area (Å²) in [6, 6.07) is 7.60. The molecule has 6 heteroatoms. The summed E-state index contributed by atoms with van der Waals surface area (Å²) < 4.78 is 7.77. The number of carbonyl (C=O) groups is 1. The molecule has 0 aliphatic heterocycles. The van der Waals surface area contributed by atoms with Crippen LogP contribution in [0.25, 0.3) is 0 Å². The molecule has 2 rings (SSSR count). The molecule has 148 valence electrons. The molecule has 0 fully saturated rings. The summed E-state index contributed by atoms with van der Waals surface area (Å²) in [5.41, 5.74) is 3.97. The van der Waals surface area contributed by atoms with E-state index in [-0.39, 0.29) is 5.91 Å². The van der Waals surface area contributed by atoms with Crippen LogP contribution in [0.15, 0.2) is 24.3 Å². The molecule has 27 heavy (non-hydrogen) atoms. The topological polar surface area (TPSA) is 59.4 Å². The lowest BCUT2D eigenvalue weighted by atomic mass is 10.1. The third-order valence-electron chi connectivity index (χ3n) is 4.98. The first kappa shape index (κ1) is 21.0. The number of ether oxygens (including phenoxy) is 1. The van der Waals surface area contributed by atoms with Gasteiger partial charge in [0.15, 0.2) is 0 Å². The van der Waals surface area contributed by atoms with Crippen molar-refractivity contribution in [2.24, 2.45) is 7.05 Å². The first-order valence-electron chi connectivity index (χ1n) is 9.69. The van der Waals surface area contributed by atoms with Gasteiger partial charge in [-0.3, -0.25) is 9.48 Å². The van der Waals surface area contributed by atoms with E-state index in [2.05, 4.69) is 29.2 Å². The monoisotopic (exact) mass is 372 g/mol. The van der Waals surface area contributed by atoms with Gasteiger partial charge in [0, 0.05) is 25.7 Å². The number of hydrogen-bond donors (Lipinski definition) is 1. The van der Waals surface area contributed by atoms with Crippen LogP contribution in [0.1, 0.15) is 37.2 Å². The lowest BCUT2D eigenvalue weighted by Gasteiger charge is -2.19. The number of amides is 1. The molecule has 1 aromatic heterocycles. The summed E-state index contributed by atoms with van der Waals surface area (Å²) in [5.74, 6) is 0.698. The van der Waals surface area contributed by atoms with Crippen LogP contribution in [0.2, 0.25) is 0 Å². The minimum Gasteiger partial charge on any atom is -0.490 e. The number of rotatable bonds is 10. The van der Waals surface area contributed by atoms with Gasteiger partial charge < -0.3 is 15.0 Å². The van der Waals surface area contributed by atoms with Crippen molar-refractivity contribution in [2.75, 3.05) is 31.6 Å². The Kier molecular flexibility index (Phi) is 7.85. The van der Waals surface area contributed by atoms with Crippen LogP contribution in [0, 0.1) is 13.8 Å². The van der Waals surface area contributed by atoms with E-state index in [0.717, 1.165) is 42.3 Å². The summed E-state index contributed by atoms with van der Waals surface area (Å²) in [6.07, 6.45) is 1.10. The number of hydrogen-bond acceptors (Lipinski definition) is 4. The van der Waals surface area contributed by atoms with Crippen molar-refractivity contribution in [3.05, 3.63) is 41.2 Å². The zero-order valence-electron chi connectivity index (χ0n) is 17.2. The van der Waals surface area contributed by atoms with E-state index in [1.54, 1.807) is 0 Å². The van der Waals surface area contributed by atoms with Crippen LogP contribution in [0.4, 0.5) is 5.69 Å². The average molecular weight is 373 g/mol. The van der Waals surface area contributed by atoms with Crippen LogP contribution in [0.5, 0.6) is 5.75 Å². The number of nitrogens with zero attached hydrogens (tertiary/aromatic N) is 3. The first-order valence-corrected chi connectivity index (χ1v) is 9.69. The Hall–Kier alpha value is -2.34. The number of benzene rings is 1. The Bertz CT molecular complexity index is 751. The molecule has 1 aromatic carbocycles. The molecule has 0 atom stereocenters. The van der Waals surface area contributed by atoms with E-state index in [9.17, 15) is 4.79 Å². The van der Waals surface area contributed by atoms with Crippen molar-refractivity contribution in [2.45, 2.75) is 40.5 Å². The van der Waals surface area contributed by atoms with Crippen molar-refractivity contribution < 1.29 is 9.53 Å². The number of carbonyl (C=O) groups excluding carboxylic acids is 1. The lowest BCUT2D eigenvalue weighted by molar-refractivity contribution is -0.116. The van der Waals surface area contributed by atoms with E-state index >= 15 is 0 Å². The number of aryl methyl sites for hydroxylation is 2. The van der Waals surface area contributed by atoms with E-state index in [4.69, 9.17) is 4.74 Å². The van der Waals surface area contributed by atoms with Crippen LogP contribution in [-0.2, 0) is 18.3 Å². The Labute approximate surface area is 162 Å². The number of anilines is 1. The molecule has 0 aliphatic rings. The average Bonchev–Trinajstić information content (AvgIpc) is 2.90. The molecule has 0 spiro atoms. The molecule has 1 amide bonds. The summed E-state index contributed by atoms with van der Waals surface area (Å²) in [7, 11) is 1.93. The molecule has 0 saturated carbocycles. The molecule has 0 bridgehead atoms. The van der Waals surface area contributed by atoms with Crippen molar-refractivity contribution in [3.63, 3.8) is 0 Å². The van der Waals surface area contributed by atoms with Gasteiger partial charge in [-0.1, -0.05) is 26.0 Å². The Morgan fingerprint density at radius 1 is 1.22 bits per heavy atom. The highest BCUT2D eigenvalue weighted by molar-refractivity contribution is 5.92. The Morgan fingerprint density at radius 2 is 1.93 bits per heavy atom. The summed E-state index contributed by atoms with van der Waals surface area (Å²) in [4.78, 5) is 14.7. The summed E-state index contributed by atoms with van der Waals surface area (Å²) >= 11 is 0. The maximum atomic E-state index is 12.4. The van der Waals surface area contributed by atoms with Gasteiger partial charge in [-0.25, -0.2) is 0 Å². The van der Waals surface area contributed by atoms with E-state index in [1.165, 1.54) is 0 Å². The lowest BCUT2D eigenvalue weighted by Crippen LogP contribution is -2.28. The molecular formula is C21H32N4O2. The highest BCUT2D eigenvalue weighted by Crippen LogP contribution is 2.24. The quantitative estimate of drug-likeness (QED) is 0.695.